The molecule has 1 atom stereocenters. The molecular weight excluding hydrogens is 244 g/mol. The lowest BCUT2D eigenvalue weighted by Crippen LogP contribution is -2.15. The molecule has 5 nitrogen and oxygen atoms in total. The van der Waals surface area contributed by atoms with E-state index in [1.54, 1.807) is 19.2 Å². The quantitative estimate of drug-likeness (QED) is 0.899. The number of carboxylic acids is 1. The maximum atomic E-state index is 11.4. The summed E-state index contributed by atoms with van der Waals surface area (Å²) in [6.07, 6.45) is 0.752. The summed E-state index contributed by atoms with van der Waals surface area (Å²) in [5.74, 6) is -0.0488. The zero-order valence-electron chi connectivity index (χ0n) is 11.4. The standard InChI is InChI=1S/C14H18N2O3/c1-4-12-15-11-7-5-6-10(14(17)18)13(11)16(12)9(2)8-19-3/h5-7,9H,4,8H2,1-3H3,(H,17,18). The first-order valence-corrected chi connectivity index (χ1v) is 6.32. The third-order valence-electron chi connectivity index (χ3n) is 3.18. The summed E-state index contributed by atoms with van der Waals surface area (Å²) >= 11 is 0. The van der Waals surface area contributed by atoms with E-state index in [-0.39, 0.29) is 11.6 Å². The first-order chi connectivity index (χ1) is 9.10. The number of carboxylic acid groups (broad SMARTS) is 1. The van der Waals surface area contributed by atoms with Gasteiger partial charge < -0.3 is 14.4 Å². The highest BCUT2D eigenvalue weighted by Gasteiger charge is 2.19. The molecule has 102 valence electrons. The first-order valence-electron chi connectivity index (χ1n) is 6.32. The Labute approximate surface area is 111 Å². The van der Waals surface area contributed by atoms with Crippen LogP contribution in [0.5, 0.6) is 0 Å². The van der Waals surface area contributed by atoms with Gasteiger partial charge in [-0.25, -0.2) is 9.78 Å². The van der Waals surface area contributed by atoms with Crippen LogP contribution in [0, 0.1) is 0 Å². The van der Waals surface area contributed by atoms with Crippen LogP contribution in [0.25, 0.3) is 11.0 Å². The molecule has 0 aliphatic rings. The van der Waals surface area contributed by atoms with Gasteiger partial charge in [-0.15, -0.1) is 0 Å². The zero-order valence-corrected chi connectivity index (χ0v) is 11.4. The van der Waals surface area contributed by atoms with E-state index in [4.69, 9.17) is 4.74 Å². The zero-order chi connectivity index (χ0) is 14.0. The molecule has 5 heteroatoms. The lowest BCUT2D eigenvalue weighted by atomic mass is 10.1. The average Bonchev–Trinajstić information content (AvgIpc) is 2.76. The van der Waals surface area contributed by atoms with Gasteiger partial charge in [-0.3, -0.25) is 0 Å². The lowest BCUT2D eigenvalue weighted by Gasteiger charge is -2.17. The van der Waals surface area contributed by atoms with Crippen molar-refractivity contribution in [3.05, 3.63) is 29.6 Å². The Balaban J connectivity index is 2.73. The second-order valence-corrected chi connectivity index (χ2v) is 4.53. The predicted octanol–water partition coefficient (Wildman–Crippen LogP) is 2.50. The summed E-state index contributed by atoms with van der Waals surface area (Å²) in [7, 11) is 1.64. The minimum Gasteiger partial charge on any atom is -0.478 e. The molecule has 0 saturated heterocycles. The maximum absolute atomic E-state index is 11.4. The van der Waals surface area contributed by atoms with Gasteiger partial charge in [-0.05, 0) is 19.1 Å². The van der Waals surface area contributed by atoms with Gasteiger partial charge in [0.25, 0.3) is 0 Å². The van der Waals surface area contributed by atoms with Gasteiger partial charge in [0.15, 0.2) is 0 Å². The van der Waals surface area contributed by atoms with E-state index in [9.17, 15) is 9.90 Å². The molecule has 1 heterocycles. The van der Waals surface area contributed by atoms with E-state index in [0.717, 1.165) is 17.8 Å². The van der Waals surface area contributed by atoms with Crippen molar-refractivity contribution in [2.45, 2.75) is 26.3 Å². The van der Waals surface area contributed by atoms with Gasteiger partial charge in [0.1, 0.15) is 5.82 Å². The number of rotatable bonds is 5. The number of ether oxygens (including phenoxy) is 1. The first kappa shape index (κ1) is 13.5. The molecule has 0 radical (unpaired) electrons. The Morgan fingerprint density at radius 2 is 2.26 bits per heavy atom. The Morgan fingerprint density at radius 1 is 1.53 bits per heavy atom. The van der Waals surface area contributed by atoms with E-state index in [0.29, 0.717) is 12.1 Å². The van der Waals surface area contributed by atoms with Crippen molar-refractivity contribution in [3.8, 4) is 0 Å². The molecule has 0 aliphatic carbocycles. The van der Waals surface area contributed by atoms with E-state index < -0.39 is 5.97 Å². The Kier molecular flexibility index (Phi) is 3.85. The smallest absolute Gasteiger partial charge is 0.337 e. The van der Waals surface area contributed by atoms with Gasteiger partial charge in [0, 0.05) is 13.5 Å². The molecule has 0 fully saturated rings. The molecule has 0 spiro atoms. The number of para-hydroxylation sites is 1. The predicted molar refractivity (Wildman–Crippen MR) is 72.7 cm³/mol. The van der Waals surface area contributed by atoms with E-state index >= 15 is 0 Å². The molecule has 0 amide bonds. The maximum Gasteiger partial charge on any atom is 0.337 e. The average molecular weight is 262 g/mol. The van der Waals surface area contributed by atoms with Gasteiger partial charge in [0.05, 0.1) is 29.2 Å². The number of aromatic carboxylic acids is 1. The minimum atomic E-state index is -0.931. The van der Waals surface area contributed by atoms with Gasteiger partial charge >= 0.3 is 5.97 Å². The number of carbonyl (C=O) groups is 1. The van der Waals surface area contributed by atoms with Crippen molar-refractivity contribution in [1.29, 1.82) is 0 Å². The van der Waals surface area contributed by atoms with Crippen molar-refractivity contribution in [2.24, 2.45) is 0 Å². The molecule has 2 aromatic rings. The van der Waals surface area contributed by atoms with Crippen LogP contribution in [-0.4, -0.2) is 34.3 Å². The molecule has 0 bridgehead atoms. The van der Waals surface area contributed by atoms with E-state index in [1.807, 2.05) is 24.5 Å². The highest BCUT2D eigenvalue weighted by Crippen LogP contribution is 2.25. The molecule has 2 rings (SSSR count). The number of fused-ring (bicyclic) bond motifs is 1. The topological polar surface area (TPSA) is 64.3 Å². The third-order valence-corrected chi connectivity index (χ3v) is 3.18. The van der Waals surface area contributed by atoms with Crippen LogP contribution in [0.4, 0.5) is 0 Å². The normalized spacial score (nSPS) is 12.8. The summed E-state index contributed by atoms with van der Waals surface area (Å²) in [6.45, 7) is 4.53. The van der Waals surface area contributed by atoms with Crippen LogP contribution < -0.4 is 0 Å². The van der Waals surface area contributed by atoms with Gasteiger partial charge in [-0.1, -0.05) is 13.0 Å². The van der Waals surface area contributed by atoms with Crippen LogP contribution in [0.15, 0.2) is 18.2 Å². The molecule has 1 aromatic carbocycles. The number of imidazole rings is 1. The van der Waals surface area contributed by atoms with Crippen molar-refractivity contribution >= 4 is 17.0 Å². The second-order valence-electron chi connectivity index (χ2n) is 4.53. The summed E-state index contributed by atoms with van der Waals surface area (Å²) in [5, 5.41) is 9.33. The van der Waals surface area contributed by atoms with Crippen LogP contribution in [0.1, 0.15) is 36.1 Å². The minimum absolute atomic E-state index is 0.0467. The summed E-state index contributed by atoms with van der Waals surface area (Å²) < 4.78 is 7.15. The molecular formula is C14H18N2O3. The molecule has 19 heavy (non-hydrogen) atoms. The van der Waals surface area contributed by atoms with Crippen LogP contribution in [-0.2, 0) is 11.2 Å². The molecule has 0 aliphatic heterocycles. The van der Waals surface area contributed by atoms with Gasteiger partial charge in [0.2, 0.25) is 0 Å². The van der Waals surface area contributed by atoms with Crippen molar-refractivity contribution < 1.29 is 14.6 Å². The fourth-order valence-electron chi connectivity index (χ4n) is 2.41. The largest absolute Gasteiger partial charge is 0.478 e. The monoisotopic (exact) mass is 262 g/mol. The molecule has 0 saturated carbocycles. The van der Waals surface area contributed by atoms with Crippen LogP contribution >= 0.6 is 0 Å². The fourth-order valence-corrected chi connectivity index (χ4v) is 2.41. The Morgan fingerprint density at radius 3 is 2.84 bits per heavy atom. The van der Waals surface area contributed by atoms with E-state index in [1.165, 1.54) is 0 Å². The summed E-state index contributed by atoms with van der Waals surface area (Å²) in [4.78, 5) is 15.9. The highest BCUT2D eigenvalue weighted by molar-refractivity contribution is 6.01. The van der Waals surface area contributed by atoms with Crippen molar-refractivity contribution in [3.63, 3.8) is 0 Å². The molecule has 1 aromatic heterocycles. The third kappa shape index (κ3) is 2.33. The Hall–Kier alpha value is -1.88. The highest BCUT2D eigenvalue weighted by atomic mass is 16.5. The Bertz CT molecular complexity index is 604. The number of benzene rings is 1. The number of aryl methyl sites for hydroxylation is 1. The number of aromatic nitrogens is 2. The number of nitrogens with zero attached hydrogens (tertiary/aromatic N) is 2. The van der Waals surface area contributed by atoms with Crippen molar-refractivity contribution in [1.82, 2.24) is 9.55 Å². The van der Waals surface area contributed by atoms with E-state index in [2.05, 4.69) is 4.98 Å². The number of hydrogen-bond acceptors (Lipinski definition) is 3. The van der Waals surface area contributed by atoms with Crippen LogP contribution in [0.2, 0.25) is 0 Å². The summed E-state index contributed by atoms with van der Waals surface area (Å²) in [6, 6.07) is 5.23. The number of hydrogen-bond donors (Lipinski definition) is 1. The SMILES string of the molecule is CCc1nc2cccc(C(=O)O)c2n1C(C)COC. The molecule has 1 unspecified atom stereocenters. The van der Waals surface area contributed by atoms with Crippen molar-refractivity contribution in [2.75, 3.05) is 13.7 Å². The fraction of sp³-hybridized carbons (Fsp3) is 0.429. The lowest BCUT2D eigenvalue weighted by molar-refractivity contribution is 0.0698. The molecule has 1 N–H and O–H groups in total. The number of methoxy groups -OCH3 is 1. The second kappa shape index (κ2) is 5.40. The van der Waals surface area contributed by atoms with Crippen LogP contribution in [0.3, 0.4) is 0 Å². The summed E-state index contributed by atoms with van der Waals surface area (Å²) in [5.41, 5.74) is 1.68. The van der Waals surface area contributed by atoms with Gasteiger partial charge in [-0.2, -0.15) is 0 Å².